The molecule has 0 aliphatic carbocycles. The van der Waals surface area contributed by atoms with Crippen molar-refractivity contribution >= 4 is 23.3 Å². The van der Waals surface area contributed by atoms with Gasteiger partial charge in [0.15, 0.2) is 5.82 Å². The zero-order valence-corrected chi connectivity index (χ0v) is 19.7. The van der Waals surface area contributed by atoms with Crippen LogP contribution in [-0.2, 0) is 18.0 Å². The van der Waals surface area contributed by atoms with Crippen LogP contribution in [0.2, 0.25) is 5.02 Å². The molecular formula is C24H24ClF3N4O2. The number of benzene rings is 2. The normalized spacial score (nSPS) is 17.0. The summed E-state index contributed by atoms with van der Waals surface area (Å²) in [5.74, 6) is 0.971. The Morgan fingerprint density at radius 2 is 1.82 bits per heavy atom. The Hall–Kier alpha value is -3.07. The van der Waals surface area contributed by atoms with Gasteiger partial charge in [-0.05, 0) is 42.0 Å². The van der Waals surface area contributed by atoms with Crippen LogP contribution in [-0.4, -0.2) is 34.2 Å². The van der Waals surface area contributed by atoms with Crippen molar-refractivity contribution in [2.45, 2.75) is 44.8 Å². The monoisotopic (exact) mass is 492 g/mol. The Bertz CT molecular complexity index is 1170. The van der Waals surface area contributed by atoms with E-state index in [1.54, 1.807) is 35.2 Å². The van der Waals surface area contributed by atoms with E-state index in [1.807, 2.05) is 20.8 Å². The number of hydrogen-bond acceptors (Lipinski definition) is 4. The number of nitrogens with zero attached hydrogens (tertiary/aromatic N) is 4. The molecule has 1 aromatic heterocycles. The SMILES string of the molecule is CC(C)(C)c1nc(CCN2CC(c3cccc(C(F)(F)F)c3)N(c3ccc(Cl)cc3)C2=O)no1. The van der Waals surface area contributed by atoms with E-state index in [2.05, 4.69) is 10.1 Å². The Kier molecular flexibility index (Phi) is 6.33. The quantitative estimate of drug-likeness (QED) is 0.421. The predicted molar refractivity (Wildman–Crippen MR) is 122 cm³/mol. The zero-order valence-electron chi connectivity index (χ0n) is 18.9. The molecule has 0 spiro atoms. The maximum absolute atomic E-state index is 13.4. The lowest BCUT2D eigenvalue weighted by molar-refractivity contribution is -0.137. The molecule has 10 heteroatoms. The van der Waals surface area contributed by atoms with Crippen molar-refractivity contribution in [3.63, 3.8) is 0 Å². The molecule has 6 nitrogen and oxygen atoms in total. The lowest BCUT2D eigenvalue weighted by atomic mass is 9.97. The van der Waals surface area contributed by atoms with Crippen LogP contribution in [0.25, 0.3) is 0 Å². The lowest BCUT2D eigenvalue weighted by Crippen LogP contribution is -2.33. The van der Waals surface area contributed by atoms with Crippen molar-refractivity contribution < 1.29 is 22.5 Å². The third kappa shape index (κ3) is 5.04. The molecule has 2 aromatic carbocycles. The summed E-state index contributed by atoms with van der Waals surface area (Å²) >= 11 is 6.00. The molecule has 0 bridgehead atoms. The highest BCUT2D eigenvalue weighted by Gasteiger charge is 2.40. The lowest BCUT2D eigenvalue weighted by Gasteiger charge is -2.24. The van der Waals surface area contributed by atoms with Crippen LogP contribution in [0.1, 0.15) is 49.7 Å². The number of hydrogen-bond donors (Lipinski definition) is 0. The summed E-state index contributed by atoms with van der Waals surface area (Å²) in [6.45, 7) is 6.38. The average molecular weight is 493 g/mol. The summed E-state index contributed by atoms with van der Waals surface area (Å²) in [5.41, 5.74) is -0.105. The molecular weight excluding hydrogens is 469 g/mol. The summed E-state index contributed by atoms with van der Waals surface area (Å²) in [5, 5.41) is 4.49. The fourth-order valence-electron chi connectivity index (χ4n) is 3.81. The van der Waals surface area contributed by atoms with Gasteiger partial charge in [0.25, 0.3) is 0 Å². The fourth-order valence-corrected chi connectivity index (χ4v) is 3.93. The van der Waals surface area contributed by atoms with E-state index in [9.17, 15) is 18.0 Å². The molecule has 4 rings (SSSR count). The second kappa shape index (κ2) is 8.94. The van der Waals surface area contributed by atoms with Gasteiger partial charge in [-0.1, -0.05) is 49.7 Å². The molecule has 1 unspecified atom stereocenters. The Labute approximate surface area is 200 Å². The Morgan fingerprint density at radius 1 is 1.12 bits per heavy atom. The van der Waals surface area contributed by atoms with Gasteiger partial charge in [-0.15, -0.1) is 0 Å². The van der Waals surface area contributed by atoms with Gasteiger partial charge in [-0.25, -0.2) is 4.79 Å². The first kappa shape index (κ1) is 24.1. The second-order valence-electron chi connectivity index (χ2n) is 9.23. The predicted octanol–water partition coefficient (Wildman–Crippen LogP) is 6.27. The maximum atomic E-state index is 13.4. The molecule has 1 fully saturated rings. The first-order valence-corrected chi connectivity index (χ1v) is 11.2. The van der Waals surface area contributed by atoms with Crippen molar-refractivity contribution in [1.82, 2.24) is 15.0 Å². The number of aromatic nitrogens is 2. The number of carbonyl (C=O) groups is 1. The van der Waals surface area contributed by atoms with E-state index in [-0.39, 0.29) is 18.0 Å². The van der Waals surface area contributed by atoms with Gasteiger partial charge in [0.1, 0.15) is 0 Å². The molecule has 180 valence electrons. The molecule has 0 radical (unpaired) electrons. The van der Waals surface area contributed by atoms with E-state index >= 15 is 0 Å². The van der Waals surface area contributed by atoms with Gasteiger partial charge >= 0.3 is 12.2 Å². The number of halogens is 4. The summed E-state index contributed by atoms with van der Waals surface area (Å²) in [7, 11) is 0. The second-order valence-corrected chi connectivity index (χ2v) is 9.67. The van der Waals surface area contributed by atoms with Gasteiger partial charge in [0, 0.05) is 35.6 Å². The smallest absolute Gasteiger partial charge is 0.339 e. The molecule has 2 amide bonds. The minimum absolute atomic E-state index is 0.215. The summed E-state index contributed by atoms with van der Waals surface area (Å²) in [6.07, 6.45) is -4.12. The standard InChI is InChI=1S/C24H24ClF3N4O2/c1-23(2,3)21-29-20(30-34-21)11-12-31-14-19(15-5-4-6-16(13-15)24(26,27)28)32(22(31)33)18-9-7-17(25)8-10-18/h4-10,13,19H,11-12,14H2,1-3H3. The highest BCUT2D eigenvalue weighted by atomic mass is 35.5. The van der Waals surface area contributed by atoms with E-state index in [0.717, 1.165) is 12.1 Å². The molecule has 3 aromatic rings. The van der Waals surface area contributed by atoms with Crippen LogP contribution in [0.15, 0.2) is 53.1 Å². The van der Waals surface area contributed by atoms with E-state index in [1.165, 1.54) is 11.0 Å². The van der Waals surface area contributed by atoms with Crippen LogP contribution in [0, 0.1) is 0 Å². The van der Waals surface area contributed by atoms with Crippen molar-refractivity contribution in [3.05, 3.63) is 76.4 Å². The van der Waals surface area contributed by atoms with E-state index < -0.39 is 17.8 Å². The van der Waals surface area contributed by atoms with Crippen LogP contribution in [0.3, 0.4) is 0 Å². The molecule has 1 aliphatic rings. The molecule has 0 N–H and O–H groups in total. The Balaban J connectivity index is 1.61. The number of alkyl halides is 3. The fraction of sp³-hybridized carbons (Fsp3) is 0.375. The minimum Gasteiger partial charge on any atom is -0.339 e. The number of carbonyl (C=O) groups excluding carboxylic acids is 1. The van der Waals surface area contributed by atoms with Crippen molar-refractivity contribution in [1.29, 1.82) is 0 Å². The van der Waals surface area contributed by atoms with Gasteiger partial charge in [-0.2, -0.15) is 18.2 Å². The van der Waals surface area contributed by atoms with Crippen LogP contribution in [0.4, 0.5) is 23.7 Å². The third-order valence-electron chi connectivity index (χ3n) is 5.60. The highest BCUT2D eigenvalue weighted by Crippen LogP contribution is 2.37. The topological polar surface area (TPSA) is 62.5 Å². The molecule has 1 saturated heterocycles. The van der Waals surface area contributed by atoms with Crippen LogP contribution >= 0.6 is 11.6 Å². The zero-order chi connectivity index (χ0) is 24.7. The third-order valence-corrected chi connectivity index (χ3v) is 5.85. The van der Waals surface area contributed by atoms with Gasteiger partial charge < -0.3 is 9.42 Å². The van der Waals surface area contributed by atoms with Gasteiger partial charge in [-0.3, -0.25) is 4.90 Å². The van der Waals surface area contributed by atoms with Gasteiger partial charge in [0.05, 0.1) is 11.6 Å². The van der Waals surface area contributed by atoms with Gasteiger partial charge in [0.2, 0.25) is 5.89 Å². The van der Waals surface area contributed by atoms with Crippen molar-refractivity contribution in [3.8, 4) is 0 Å². The average Bonchev–Trinajstić information content (AvgIpc) is 3.37. The maximum Gasteiger partial charge on any atom is 0.416 e. The minimum atomic E-state index is -4.48. The molecule has 0 saturated carbocycles. The van der Waals surface area contributed by atoms with Crippen molar-refractivity contribution in [2.75, 3.05) is 18.0 Å². The molecule has 34 heavy (non-hydrogen) atoms. The Morgan fingerprint density at radius 3 is 2.44 bits per heavy atom. The molecule has 1 atom stereocenters. The number of urea groups is 1. The van der Waals surface area contributed by atoms with Crippen LogP contribution < -0.4 is 4.90 Å². The summed E-state index contributed by atoms with van der Waals surface area (Å²) in [6, 6.07) is 10.8. The van der Waals surface area contributed by atoms with Crippen LogP contribution in [0.5, 0.6) is 0 Å². The number of amides is 2. The largest absolute Gasteiger partial charge is 0.416 e. The number of anilines is 1. The highest BCUT2D eigenvalue weighted by molar-refractivity contribution is 6.30. The van der Waals surface area contributed by atoms with Crippen molar-refractivity contribution in [2.24, 2.45) is 0 Å². The van der Waals surface area contributed by atoms with E-state index in [0.29, 0.717) is 41.0 Å². The number of rotatable bonds is 5. The molecule has 2 heterocycles. The molecule has 1 aliphatic heterocycles. The summed E-state index contributed by atoms with van der Waals surface area (Å²) < 4.78 is 45.3. The summed E-state index contributed by atoms with van der Waals surface area (Å²) in [4.78, 5) is 20.9. The first-order chi connectivity index (χ1) is 15.9. The van der Waals surface area contributed by atoms with E-state index in [4.69, 9.17) is 16.1 Å². The first-order valence-electron chi connectivity index (χ1n) is 10.8.